The summed E-state index contributed by atoms with van der Waals surface area (Å²) in [5.41, 5.74) is 14.0. The Kier molecular flexibility index (Phi) is 4.33. The van der Waals surface area contributed by atoms with E-state index < -0.39 is 5.91 Å². The fourth-order valence-corrected chi connectivity index (χ4v) is 2.21. The Morgan fingerprint density at radius 1 is 1.10 bits per heavy atom. The summed E-state index contributed by atoms with van der Waals surface area (Å²) >= 11 is 0. The number of nitrogen functional groups attached to an aromatic ring is 1. The van der Waals surface area contributed by atoms with Crippen LogP contribution in [0, 0.1) is 0 Å². The number of hydrogen-bond donors (Lipinski definition) is 2. The van der Waals surface area contributed by atoms with Crippen molar-refractivity contribution < 1.29 is 14.3 Å². The van der Waals surface area contributed by atoms with Crippen LogP contribution in [-0.2, 0) is 6.42 Å². The average Bonchev–Trinajstić information content (AvgIpc) is 2.48. The number of primary amides is 1. The Bertz CT molecular complexity index is 646. The molecule has 2 aromatic carbocycles. The first kappa shape index (κ1) is 14.7. The van der Waals surface area contributed by atoms with Gasteiger partial charge in [0.05, 0.1) is 14.2 Å². The minimum atomic E-state index is -0.493. The van der Waals surface area contributed by atoms with Crippen molar-refractivity contribution in [3.8, 4) is 11.5 Å². The Labute approximate surface area is 123 Å². The fourth-order valence-electron chi connectivity index (χ4n) is 2.21. The van der Waals surface area contributed by atoms with Crippen LogP contribution in [0.15, 0.2) is 36.4 Å². The number of nitrogens with two attached hydrogens (primary N) is 2. The lowest BCUT2D eigenvalue weighted by molar-refractivity contribution is 0.0999. The maximum Gasteiger partial charge on any atom is 0.249 e. The minimum Gasteiger partial charge on any atom is -0.497 e. The van der Waals surface area contributed by atoms with Crippen LogP contribution < -0.4 is 20.9 Å². The number of carbonyl (C=O) groups excluding carboxylic acids is 1. The quantitative estimate of drug-likeness (QED) is 0.823. The van der Waals surface area contributed by atoms with E-state index in [2.05, 4.69) is 0 Å². The predicted octanol–water partition coefficient (Wildman–Crippen LogP) is 1.98. The van der Waals surface area contributed by atoms with Crippen molar-refractivity contribution in [2.75, 3.05) is 20.0 Å². The molecule has 0 aliphatic rings. The number of carbonyl (C=O) groups is 1. The van der Waals surface area contributed by atoms with Crippen molar-refractivity contribution in [1.29, 1.82) is 0 Å². The van der Waals surface area contributed by atoms with Crippen LogP contribution in [0.5, 0.6) is 11.5 Å². The Hall–Kier alpha value is -2.69. The van der Waals surface area contributed by atoms with Gasteiger partial charge in [-0.1, -0.05) is 6.07 Å². The van der Waals surface area contributed by atoms with E-state index in [1.54, 1.807) is 38.5 Å². The molecule has 5 nitrogen and oxygen atoms in total. The lowest BCUT2D eigenvalue weighted by Gasteiger charge is -2.12. The van der Waals surface area contributed by atoms with Crippen LogP contribution in [0.25, 0.3) is 0 Å². The van der Waals surface area contributed by atoms with E-state index >= 15 is 0 Å². The third kappa shape index (κ3) is 3.25. The fraction of sp³-hybridized carbons (Fsp3) is 0.188. The summed E-state index contributed by atoms with van der Waals surface area (Å²) in [6.07, 6.45) is 0.471. The van der Waals surface area contributed by atoms with Gasteiger partial charge in [-0.2, -0.15) is 0 Å². The van der Waals surface area contributed by atoms with Crippen molar-refractivity contribution in [3.63, 3.8) is 0 Å². The molecule has 0 aromatic heterocycles. The minimum absolute atomic E-state index is 0.428. The number of anilines is 1. The van der Waals surface area contributed by atoms with Gasteiger partial charge >= 0.3 is 0 Å². The summed E-state index contributed by atoms with van der Waals surface area (Å²) in [4.78, 5) is 11.5. The van der Waals surface area contributed by atoms with E-state index in [0.717, 1.165) is 5.56 Å². The summed E-state index contributed by atoms with van der Waals surface area (Å²) in [5.74, 6) is 0.867. The second-order valence-corrected chi connectivity index (χ2v) is 4.64. The maximum atomic E-state index is 11.5. The van der Waals surface area contributed by atoms with Crippen LogP contribution in [0.2, 0.25) is 0 Å². The highest BCUT2D eigenvalue weighted by molar-refractivity contribution is 5.95. The molecule has 0 atom stereocenters. The van der Waals surface area contributed by atoms with E-state index in [4.69, 9.17) is 20.9 Å². The molecule has 4 N–H and O–H groups in total. The number of hydrogen-bond acceptors (Lipinski definition) is 4. The van der Waals surface area contributed by atoms with Gasteiger partial charge in [0.25, 0.3) is 0 Å². The third-order valence-corrected chi connectivity index (χ3v) is 3.27. The summed E-state index contributed by atoms with van der Waals surface area (Å²) < 4.78 is 10.5. The van der Waals surface area contributed by atoms with Gasteiger partial charge in [-0.05, 0) is 35.4 Å². The maximum absolute atomic E-state index is 11.5. The Balaban J connectivity index is 2.45. The van der Waals surface area contributed by atoms with Gasteiger partial charge < -0.3 is 20.9 Å². The topological polar surface area (TPSA) is 87.6 Å². The zero-order chi connectivity index (χ0) is 15.4. The molecule has 0 heterocycles. The molecular weight excluding hydrogens is 268 g/mol. The van der Waals surface area contributed by atoms with E-state index in [9.17, 15) is 4.79 Å². The Morgan fingerprint density at radius 3 is 2.24 bits per heavy atom. The molecule has 0 radical (unpaired) electrons. The number of rotatable bonds is 5. The molecule has 0 saturated carbocycles. The molecule has 0 bridgehead atoms. The van der Waals surface area contributed by atoms with Gasteiger partial charge in [-0.25, -0.2) is 0 Å². The molecule has 0 saturated heterocycles. The van der Waals surface area contributed by atoms with Crippen molar-refractivity contribution in [3.05, 3.63) is 53.1 Å². The number of benzene rings is 2. The summed E-state index contributed by atoms with van der Waals surface area (Å²) in [6.45, 7) is 0. The second-order valence-electron chi connectivity index (χ2n) is 4.64. The van der Waals surface area contributed by atoms with Gasteiger partial charge in [0.15, 0.2) is 0 Å². The number of ether oxygens (including phenoxy) is 2. The highest BCUT2D eigenvalue weighted by Gasteiger charge is 2.12. The third-order valence-electron chi connectivity index (χ3n) is 3.27. The second kappa shape index (κ2) is 6.17. The monoisotopic (exact) mass is 286 g/mol. The van der Waals surface area contributed by atoms with E-state index in [0.29, 0.717) is 34.7 Å². The zero-order valence-corrected chi connectivity index (χ0v) is 12.1. The predicted molar refractivity (Wildman–Crippen MR) is 81.7 cm³/mol. The largest absolute Gasteiger partial charge is 0.497 e. The van der Waals surface area contributed by atoms with Crippen molar-refractivity contribution in [2.24, 2.45) is 5.73 Å². The first-order valence-electron chi connectivity index (χ1n) is 6.44. The molecule has 0 unspecified atom stereocenters. The highest BCUT2D eigenvalue weighted by Crippen LogP contribution is 2.27. The molecule has 0 fully saturated rings. The number of amides is 1. The van der Waals surface area contributed by atoms with Crippen LogP contribution in [0.3, 0.4) is 0 Å². The molecule has 1 amide bonds. The standard InChI is InChI=1S/C16H18N2O3/c1-20-11-6-10(7-12(9-11)21-2)8-14-13(16(18)19)4-3-5-15(14)17/h3-7,9H,8,17H2,1-2H3,(H2,18,19). The molecule has 2 aromatic rings. The molecule has 21 heavy (non-hydrogen) atoms. The Morgan fingerprint density at radius 2 is 1.71 bits per heavy atom. The first-order valence-corrected chi connectivity index (χ1v) is 6.44. The molecule has 5 heteroatoms. The van der Waals surface area contributed by atoms with E-state index in [-0.39, 0.29) is 0 Å². The van der Waals surface area contributed by atoms with Crippen LogP contribution in [-0.4, -0.2) is 20.1 Å². The molecule has 0 aliphatic heterocycles. The molecular formula is C16H18N2O3. The lowest BCUT2D eigenvalue weighted by Crippen LogP contribution is -2.15. The van der Waals surface area contributed by atoms with Crippen LogP contribution in [0.1, 0.15) is 21.5 Å². The van der Waals surface area contributed by atoms with E-state index in [1.807, 2.05) is 12.1 Å². The van der Waals surface area contributed by atoms with Gasteiger partial charge in [-0.3, -0.25) is 4.79 Å². The molecule has 2 rings (SSSR count). The van der Waals surface area contributed by atoms with Gasteiger partial charge in [0.2, 0.25) is 5.91 Å². The first-order chi connectivity index (χ1) is 10.0. The average molecular weight is 286 g/mol. The van der Waals surface area contributed by atoms with Gasteiger partial charge in [-0.15, -0.1) is 0 Å². The summed E-state index contributed by atoms with van der Waals surface area (Å²) in [5, 5.41) is 0. The van der Waals surface area contributed by atoms with Crippen molar-refractivity contribution >= 4 is 11.6 Å². The number of methoxy groups -OCH3 is 2. The summed E-state index contributed by atoms with van der Waals surface area (Å²) in [6, 6.07) is 10.7. The van der Waals surface area contributed by atoms with Gasteiger partial charge in [0.1, 0.15) is 11.5 Å². The smallest absolute Gasteiger partial charge is 0.249 e. The lowest BCUT2D eigenvalue weighted by atomic mass is 9.97. The zero-order valence-electron chi connectivity index (χ0n) is 12.1. The van der Waals surface area contributed by atoms with Crippen LogP contribution >= 0.6 is 0 Å². The van der Waals surface area contributed by atoms with Crippen molar-refractivity contribution in [1.82, 2.24) is 0 Å². The van der Waals surface area contributed by atoms with Crippen LogP contribution in [0.4, 0.5) is 5.69 Å². The van der Waals surface area contributed by atoms with Gasteiger partial charge in [0, 0.05) is 23.7 Å². The highest BCUT2D eigenvalue weighted by atomic mass is 16.5. The molecule has 0 spiro atoms. The SMILES string of the molecule is COc1cc(Cc2c(N)cccc2C(N)=O)cc(OC)c1. The molecule has 110 valence electrons. The molecule has 0 aliphatic carbocycles. The summed E-state index contributed by atoms with van der Waals surface area (Å²) in [7, 11) is 3.18. The van der Waals surface area contributed by atoms with Crippen molar-refractivity contribution in [2.45, 2.75) is 6.42 Å². The van der Waals surface area contributed by atoms with E-state index in [1.165, 1.54) is 0 Å². The normalized spacial score (nSPS) is 10.2.